The summed E-state index contributed by atoms with van der Waals surface area (Å²) in [5.74, 6) is -4.57. The first-order valence-electron chi connectivity index (χ1n) is 5.18. The maximum Gasteiger partial charge on any atom is 0.168 e. The molecule has 0 atom stereocenters. The van der Waals surface area contributed by atoms with Gasteiger partial charge in [0.05, 0.1) is 0 Å². The zero-order valence-corrected chi connectivity index (χ0v) is 8.56. The van der Waals surface area contributed by atoms with E-state index in [1.54, 1.807) is 0 Å². The van der Waals surface area contributed by atoms with Gasteiger partial charge in [-0.1, -0.05) is 0 Å². The monoisotopic (exact) mass is 231 g/mol. The molecule has 1 aliphatic rings. The van der Waals surface area contributed by atoms with Crippen molar-refractivity contribution in [3.8, 4) is 5.75 Å². The summed E-state index contributed by atoms with van der Waals surface area (Å²) in [6.45, 7) is 1.31. The van der Waals surface area contributed by atoms with Crippen LogP contribution in [0.3, 0.4) is 0 Å². The van der Waals surface area contributed by atoms with Gasteiger partial charge in [-0.3, -0.25) is 0 Å². The molecule has 5 heteroatoms. The summed E-state index contributed by atoms with van der Waals surface area (Å²) in [5.41, 5.74) is -0.223. The van der Waals surface area contributed by atoms with E-state index in [9.17, 15) is 18.3 Å². The van der Waals surface area contributed by atoms with Gasteiger partial charge in [-0.25, -0.2) is 13.2 Å². The zero-order valence-electron chi connectivity index (χ0n) is 8.56. The Kier molecular flexibility index (Phi) is 3.05. The molecule has 2 rings (SSSR count). The molecule has 0 spiro atoms. The largest absolute Gasteiger partial charge is 0.505 e. The van der Waals surface area contributed by atoms with Gasteiger partial charge in [-0.15, -0.1) is 0 Å². The van der Waals surface area contributed by atoms with Gasteiger partial charge in [0.2, 0.25) is 0 Å². The molecule has 2 nitrogen and oxygen atoms in total. The number of rotatable bonds is 1. The van der Waals surface area contributed by atoms with Crippen molar-refractivity contribution in [1.29, 1.82) is 0 Å². The van der Waals surface area contributed by atoms with Crippen LogP contribution in [0.5, 0.6) is 5.75 Å². The van der Waals surface area contributed by atoms with Crippen LogP contribution in [0.25, 0.3) is 0 Å². The number of aromatic hydroxyl groups is 1. The summed E-state index contributed by atoms with van der Waals surface area (Å²) in [4.78, 5) is 0. The first kappa shape index (κ1) is 11.3. The third-order valence-electron chi connectivity index (χ3n) is 2.93. The van der Waals surface area contributed by atoms with Gasteiger partial charge in [0.25, 0.3) is 0 Å². The van der Waals surface area contributed by atoms with Crippen LogP contribution in [0.15, 0.2) is 6.07 Å². The highest BCUT2D eigenvalue weighted by Gasteiger charge is 2.26. The van der Waals surface area contributed by atoms with Crippen LogP contribution < -0.4 is 5.32 Å². The summed E-state index contributed by atoms with van der Waals surface area (Å²) < 4.78 is 39.6. The molecule has 16 heavy (non-hydrogen) atoms. The van der Waals surface area contributed by atoms with Crippen LogP contribution in [0.4, 0.5) is 13.2 Å². The highest BCUT2D eigenvalue weighted by molar-refractivity contribution is 5.38. The average Bonchev–Trinajstić information content (AvgIpc) is 2.28. The average molecular weight is 231 g/mol. The van der Waals surface area contributed by atoms with E-state index in [0.717, 1.165) is 0 Å². The minimum Gasteiger partial charge on any atom is -0.505 e. The molecule has 1 heterocycles. The van der Waals surface area contributed by atoms with E-state index in [1.807, 2.05) is 0 Å². The fraction of sp³-hybridized carbons (Fsp3) is 0.455. The predicted molar refractivity (Wildman–Crippen MR) is 52.8 cm³/mol. The fourth-order valence-electron chi connectivity index (χ4n) is 2.09. The van der Waals surface area contributed by atoms with Crippen molar-refractivity contribution in [3.63, 3.8) is 0 Å². The van der Waals surface area contributed by atoms with Crippen molar-refractivity contribution in [3.05, 3.63) is 29.1 Å². The lowest BCUT2D eigenvalue weighted by molar-refractivity contribution is 0.373. The van der Waals surface area contributed by atoms with Crippen molar-refractivity contribution in [2.45, 2.75) is 18.8 Å². The number of piperidine rings is 1. The number of hydrogen-bond acceptors (Lipinski definition) is 2. The van der Waals surface area contributed by atoms with E-state index in [1.165, 1.54) is 0 Å². The third-order valence-corrected chi connectivity index (χ3v) is 2.93. The van der Waals surface area contributed by atoms with Gasteiger partial charge < -0.3 is 10.4 Å². The molecule has 0 saturated carbocycles. The van der Waals surface area contributed by atoms with Crippen LogP contribution in [-0.2, 0) is 0 Å². The van der Waals surface area contributed by atoms with Crippen molar-refractivity contribution >= 4 is 0 Å². The molecule has 2 N–H and O–H groups in total. The smallest absolute Gasteiger partial charge is 0.168 e. The second-order valence-corrected chi connectivity index (χ2v) is 3.94. The topological polar surface area (TPSA) is 32.3 Å². The van der Waals surface area contributed by atoms with Crippen LogP contribution in [0.1, 0.15) is 24.3 Å². The van der Waals surface area contributed by atoms with E-state index >= 15 is 0 Å². The van der Waals surface area contributed by atoms with Crippen molar-refractivity contribution < 1.29 is 18.3 Å². The number of halogens is 3. The predicted octanol–water partition coefficient (Wildman–Crippen LogP) is 2.28. The fourth-order valence-corrected chi connectivity index (χ4v) is 2.09. The summed E-state index contributed by atoms with van der Waals surface area (Å²) >= 11 is 0. The number of benzene rings is 1. The molecule has 0 aromatic heterocycles. The third kappa shape index (κ3) is 1.87. The SMILES string of the molecule is Oc1c(F)cc(F)c(F)c1C1CCNCC1. The molecule has 1 aromatic rings. The van der Waals surface area contributed by atoms with Gasteiger partial charge >= 0.3 is 0 Å². The van der Waals surface area contributed by atoms with Crippen LogP contribution in [-0.4, -0.2) is 18.2 Å². The van der Waals surface area contributed by atoms with E-state index in [2.05, 4.69) is 5.32 Å². The lowest BCUT2D eigenvalue weighted by Gasteiger charge is -2.24. The van der Waals surface area contributed by atoms with Crippen LogP contribution in [0.2, 0.25) is 0 Å². The Hall–Kier alpha value is -1.23. The first-order valence-corrected chi connectivity index (χ1v) is 5.18. The molecule has 1 saturated heterocycles. The zero-order chi connectivity index (χ0) is 11.7. The minimum absolute atomic E-state index is 0.223. The van der Waals surface area contributed by atoms with Gasteiger partial charge in [0, 0.05) is 11.6 Å². The molecular weight excluding hydrogens is 219 g/mol. The molecule has 0 aliphatic carbocycles. The Balaban J connectivity index is 2.45. The van der Waals surface area contributed by atoms with Crippen LogP contribution in [0, 0.1) is 17.5 Å². The Labute approximate surface area is 91.1 Å². The van der Waals surface area contributed by atoms with E-state index in [-0.39, 0.29) is 11.5 Å². The van der Waals surface area contributed by atoms with Crippen LogP contribution >= 0.6 is 0 Å². The lowest BCUT2D eigenvalue weighted by atomic mass is 9.89. The lowest BCUT2D eigenvalue weighted by Crippen LogP contribution is -2.27. The van der Waals surface area contributed by atoms with Crippen molar-refractivity contribution in [2.75, 3.05) is 13.1 Å². The minimum atomic E-state index is -1.25. The van der Waals surface area contributed by atoms with Gasteiger partial charge in [0.1, 0.15) is 0 Å². The molecule has 1 fully saturated rings. The number of hydrogen-bond donors (Lipinski definition) is 2. The molecule has 0 radical (unpaired) electrons. The number of nitrogens with one attached hydrogen (secondary N) is 1. The molecule has 0 bridgehead atoms. The van der Waals surface area contributed by atoms with Gasteiger partial charge in [-0.2, -0.15) is 0 Å². The Morgan fingerprint density at radius 2 is 1.75 bits per heavy atom. The second kappa shape index (κ2) is 4.33. The quantitative estimate of drug-likeness (QED) is 0.727. The molecular formula is C11H12F3NO. The molecule has 0 unspecified atom stereocenters. The maximum atomic E-state index is 13.5. The first-order chi connectivity index (χ1) is 7.61. The summed E-state index contributed by atoms with van der Waals surface area (Å²) in [7, 11) is 0. The highest BCUT2D eigenvalue weighted by Crippen LogP contribution is 2.36. The Bertz CT molecular complexity index is 376. The Morgan fingerprint density at radius 3 is 2.38 bits per heavy atom. The van der Waals surface area contributed by atoms with E-state index in [4.69, 9.17) is 0 Å². The Morgan fingerprint density at radius 1 is 1.12 bits per heavy atom. The standard InChI is InChI=1S/C11H12F3NO/c12-7-5-8(13)11(16)9(10(7)14)6-1-3-15-4-2-6/h5-6,15-16H,1-4H2. The summed E-state index contributed by atoms with van der Waals surface area (Å²) in [6.07, 6.45) is 1.13. The summed E-state index contributed by atoms with van der Waals surface area (Å²) in [5, 5.41) is 12.5. The van der Waals surface area contributed by atoms with Gasteiger partial charge in [-0.05, 0) is 31.8 Å². The number of phenols is 1. The molecule has 1 aromatic carbocycles. The highest BCUT2D eigenvalue weighted by atomic mass is 19.2. The summed E-state index contributed by atoms with van der Waals surface area (Å²) in [6, 6.07) is 0.370. The number of phenolic OH excluding ortho intramolecular Hbond substituents is 1. The van der Waals surface area contributed by atoms with Crippen molar-refractivity contribution in [2.24, 2.45) is 0 Å². The van der Waals surface area contributed by atoms with Gasteiger partial charge in [0.15, 0.2) is 23.2 Å². The van der Waals surface area contributed by atoms with E-state index in [0.29, 0.717) is 32.0 Å². The molecule has 88 valence electrons. The second-order valence-electron chi connectivity index (χ2n) is 3.94. The van der Waals surface area contributed by atoms with E-state index < -0.39 is 23.2 Å². The molecule has 0 amide bonds. The van der Waals surface area contributed by atoms with Crippen molar-refractivity contribution in [1.82, 2.24) is 5.32 Å². The molecule has 1 aliphatic heterocycles. The normalized spacial score (nSPS) is 17.7. The maximum absolute atomic E-state index is 13.5.